The maximum absolute atomic E-state index is 12.7. The molecule has 0 saturated heterocycles. The first kappa shape index (κ1) is 43.3. The number of anilines is 1. The molecular weight excluding hydrogens is 681 g/mol. The second-order valence-corrected chi connectivity index (χ2v) is 11.3. The number of hydrogen-bond donors (Lipinski definition) is 9. The van der Waals surface area contributed by atoms with E-state index in [1.807, 2.05) is 14.1 Å². The van der Waals surface area contributed by atoms with E-state index in [9.17, 15) is 48.7 Å². The molecule has 2 unspecified atom stereocenters. The van der Waals surface area contributed by atoms with Gasteiger partial charge < -0.3 is 47.3 Å². The van der Waals surface area contributed by atoms with Gasteiger partial charge in [0.25, 0.3) is 0 Å². The average molecular weight is 725 g/mol. The van der Waals surface area contributed by atoms with Crippen LogP contribution in [0, 0.1) is 0 Å². The van der Waals surface area contributed by atoms with Gasteiger partial charge in [0.2, 0.25) is 23.6 Å². The van der Waals surface area contributed by atoms with E-state index in [1.54, 1.807) is 12.1 Å². The lowest BCUT2D eigenvalue weighted by atomic mass is 9.73. The van der Waals surface area contributed by atoms with Crippen molar-refractivity contribution in [3.05, 3.63) is 24.3 Å². The van der Waals surface area contributed by atoms with E-state index < -0.39 is 65.8 Å². The molecule has 10 N–H and O–H groups in total. The summed E-state index contributed by atoms with van der Waals surface area (Å²) in [7, 11) is 1.81. The lowest BCUT2D eigenvalue weighted by Crippen LogP contribution is -2.50. The van der Waals surface area contributed by atoms with E-state index in [4.69, 9.17) is 15.6 Å². The van der Waals surface area contributed by atoms with Gasteiger partial charge in [-0.3, -0.25) is 43.6 Å². The predicted octanol–water partition coefficient (Wildman–Crippen LogP) is -2.47. The summed E-state index contributed by atoms with van der Waals surface area (Å²) in [6, 6.07) is 3.61. The summed E-state index contributed by atoms with van der Waals surface area (Å²) in [5, 5.41) is 40.3. The number of carboxylic acids is 2. The fourth-order valence-corrected chi connectivity index (χ4v) is 4.62. The van der Waals surface area contributed by atoms with Crippen molar-refractivity contribution < 1.29 is 58.5 Å². The van der Waals surface area contributed by atoms with Crippen LogP contribution in [-0.2, 0) is 38.3 Å². The second kappa shape index (κ2) is 24.4. The van der Waals surface area contributed by atoms with E-state index in [0.29, 0.717) is 16.8 Å². The van der Waals surface area contributed by atoms with Gasteiger partial charge in [-0.05, 0) is 18.6 Å². The van der Waals surface area contributed by atoms with Crippen molar-refractivity contribution in [2.75, 3.05) is 50.1 Å². The Hall–Kier alpha value is -4.73. The highest BCUT2D eigenvalue weighted by Crippen LogP contribution is 2.17. The topological polar surface area (TPSA) is 296 Å². The quantitative estimate of drug-likeness (QED) is 0.0175. The number of hydrogen-bond acceptors (Lipinski definition) is 13. The SMILES string of the molecule is C[B]c1ccc(N(O)C(=O)SCC(NC(=O)CCC(NCCC(=O)OCCNC(=O)CCNC(=O)CCN)C(=O)O)C(=O)NCC(=O)O)cc1. The Morgan fingerprint density at radius 1 is 0.860 bits per heavy atom. The predicted molar refractivity (Wildman–Crippen MR) is 181 cm³/mol. The Kier molecular flexibility index (Phi) is 21.1. The molecule has 2 atom stereocenters. The Morgan fingerprint density at radius 3 is 2.14 bits per heavy atom. The van der Waals surface area contributed by atoms with Crippen LogP contribution in [0.5, 0.6) is 0 Å². The van der Waals surface area contributed by atoms with Crippen molar-refractivity contribution >= 4 is 77.0 Å². The first-order chi connectivity index (χ1) is 23.8. The molecule has 0 aliphatic heterocycles. The lowest BCUT2D eigenvalue weighted by Gasteiger charge is -2.20. The molecule has 5 amide bonds. The van der Waals surface area contributed by atoms with Gasteiger partial charge in [0, 0.05) is 44.6 Å². The van der Waals surface area contributed by atoms with Gasteiger partial charge in [0.05, 0.1) is 18.7 Å². The third-order valence-corrected chi connectivity index (χ3v) is 7.41. The Labute approximate surface area is 293 Å². The third kappa shape index (κ3) is 18.7. The fourth-order valence-electron chi connectivity index (χ4n) is 3.85. The van der Waals surface area contributed by atoms with Crippen LogP contribution in [0.1, 0.15) is 32.1 Å². The summed E-state index contributed by atoms with van der Waals surface area (Å²) in [5.74, 6) is -6.10. The summed E-state index contributed by atoms with van der Waals surface area (Å²) in [4.78, 5) is 95.5. The summed E-state index contributed by atoms with van der Waals surface area (Å²) in [6.07, 6.45) is -0.718. The summed E-state index contributed by atoms with van der Waals surface area (Å²) < 4.78 is 4.99. The van der Waals surface area contributed by atoms with Gasteiger partial charge in [-0.15, -0.1) is 0 Å². The number of hydroxylamine groups is 1. The molecule has 19 nitrogen and oxygen atoms in total. The molecule has 21 heteroatoms. The van der Waals surface area contributed by atoms with Gasteiger partial charge >= 0.3 is 23.1 Å². The number of rotatable bonds is 24. The fraction of sp³-hybridized carbons (Fsp3) is 0.517. The normalized spacial score (nSPS) is 11.7. The van der Waals surface area contributed by atoms with Gasteiger partial charge in [-0.1, -0.05) is 36.2 Å². The molecule has 50 heavy (non-hydrogen) atoms. The molecule has 0 spiro atoms. The zero-order valence-corrected chi connectivity index (χ0v) is 28.3. The number of ether oxygens (including phenoxy) is 1. The molecule has 0 aromatic heterocycles. The highest BCUT2D eigenvalue weighted by atomic mass is 32.2. The van der Waals surface area contributed by atoms with Crippen LogP contribution in [0.2, 0.25) is 6.82 Å². The molecule has 1 rings (SSSR count). The van der Waals surface area contributed by atoms with E-state index in [-0.39, 0.29) is 76.0 Å². The van der Waals surface area contributed by atoms with Crippen LogP contribution >= 0.6 is 11.8 Å². The molecule has 0 saturated carbocycles. The molecule has 0 bridgehead atoms. The number of amides is 5. The number of esters is 1. The maximum Gasteiger partial charge on any atom is 0.322 e. The number of aliphatic carboxylic acids is 2. The highest BCUT2D eigenvalue weighted by molar-refractivity contribution is 8.13. The maximum atomic E-state index is 12.7. The second-order valence-electron chi connectivity index (χ2n) is 10.3. The van der Waals surface area contributed by atoms with E-state index in [1.165, 1.54) is 12.1 Å². The van der Waals surface area contributed by atoms with E-state index in [2.05, 4.69) is 26.6 Å². The van der Waals surface area contributed by atoms with Crippen LogP contribution in [0.4, 0.5) is 10.5 Å². The molecule has 0 heterocycles. The highest BCUT2D eigenvalue weighted by Gasteiger charge is 2.26. The summed E-state index contributed by atoms with van der Waals surface area (Å²) in [6.45, 7) is 1.12. The Morgan fingerprint density at radius 2 is 1.52 bits per heavy atom. The Balaban J connectivity index is 2.53. The molecule has 1 aromatic carbocycles. The number of benzene rings is 1. The van der Waals surface area contributed by atoms with Crippen LogP contribution in [0.25, 0.3) is 0 Å². The van der Waals surface area contributed by atoms with Crippen LogP contribution in [0.3, 0.4) is 0 Å². The largest absolute Gasteiger partial charge is 0.480 e. The van der Waals surface area contributed by atoms with Crippen molar-refractivity contribution in [2.45, 2.75) is 51.0 Å². The monoisotopic (exact) mass is 724 g/mol. The number of nitrogens with zero attached hydrogens (tertiary/aromatic N) is 1. The minimum atomic E-state index is -1.42. The summed E-state index contributed by atoms with van der Waals surface area (Å²) >= 11 is 0.477. The number of carboxylic acid groups (broad SMARTS) is 2. The number of nitrogens with one attached hydrogen (secondary N) is 5. The smallest absolute Gasteiger partial charge is 0.322 e. The molecule has 1 aromatic rings. The Bertz CT molecular complexity index is 1320. The first-order valence-corrected chi connectivity index (χ1v) is 16.4. The molecule has 0 aliphatic rings. The molecule has 0 fully saturated rings. The minimum Gasteiger partial charge on any atom is -0.480 e. The molecule has 275 valence electrons. The average Bonchev–Trinajstić information content (AvgIpc) is 3.08. The van der Waals surface area contributed by atoms with Crippen molar-refractivity contribution in [1.82, 2.24) is 26.6 Å². The summed E-state index contributed by atoms with van der Waals surface area (Å²) in [5.41, 5.74) is 6.25. The standard InChI is InChI=1S/C29H43BN7O12S/c1-30-18-2-4-19(5-3-18)37(48)29(47)50-17-21(27(44)35-16-25(41)42)36-24(40)7-6-20(28(45)46)32-13-10-26(43)49-15-14-34-23(39)9-12-33-22(38)8-11-31/h2-5,20-21,32,48H,6-17,31H2,1H3,(H,33,38)(H,34,39)(H,35,44)(H,36,40)(H,41,42)(H,45,46). The van der Waals surface area contributed by atoms with Gasteiger partial charge in [0.15, 0.2) is 0 Å². The van der Waals surface area contributed by atoms with Gasteiger partial charge in [0.1, 0.15) is 32.5 Å². The van der Waals surface area contributed by atoms with Crippen molar-refractivity contribution in [3.63, 3.8) is 0 Å². The molecule has 0 aliphatic carbocycles. The number of nitrogens with two attached hydrogens (primary N) is 1. The van der Waals surface area contributed by atoms with Crippen LogP contribution < -0.4 is 42.8 Å². The first-order valence-electron chi connectivity index (χ1n) is 15.5. The van der Waals surface area contributed by atoms with Crippen LogP contribution in [0.15, 0.2) is 24.3 Å². The zero-order chi connectivity index (χ0) is 37.5. The number of thioether (sulfide) groups is 1. The van der Waals surface area contributed by atoms with E-state index in [0.717, 1.165) is 5.46 Å². The number of carbonyl (C=O) groups excluding carboxylic acids is 6. The van der Waals surface area contributed by atoms with Crippen LogP contribution in [-0.4, -0.2) is 127 Å². The third-order valence-electron chi connectivity index (χ3n) is 6.49. The molecule has 1 radical (unpaired) electrons. The minimum absolute atomic E-state index is 0.0215. The van der Waals surface area contributed by atoms with Crippen molar-refractivity contribution in [1.29, 1.82) is 0 Å². The molecular formula is C29H43BN7O12S. The number of carbonyl (C=O) groups is 8. The van der Waals surface area contributed by atoms with Gasteiger partial charge in [-0.2, -0.15) is 5.06 Å². The zero-order valence-electron chi connectivity index (χ0n) is 27.5. The van der Waals surface area contributed by atoms with E-state index >= 15 is 0 Å². The lowest BCUT2D eigenvalue weighted by molar-refractivity contribution is -0.145. The van der Waals surface area contributed by atoms with Gasteiger partial charge in [-0.25, -0.2) is 0 Å². The van der Waals surface area contributed by atoms with Crippen molar-refractivity contribution in [3.8, 4) is 0 Å². The van der Waals surface area contributed by atoms with Crippen molar-refractivity contribution in [2.24, 2.45) is 5.73 Å².